The van der Waals surface area contributed by atoms with E-state index in [1.807, 2.05) is 51.1 Å². The second-order valence-corrected chi connectivity index (χ2v) is 13.2. The van der Waals surface area contributed by atoms with Crippen LogP contribution in [0.3, 0.4) is 0 Å². The van der Waals surface area contributed by atoms with Crippen molar-refractivity contribution in [1.82, 2.24) is 20.2 Å². The summed E-state index contributed by atoms with van der Waals surface area (Å²) in [5.74, 6) is -0.678. The highest BCUT2D eigenvalue weighted by molar-refractivity contribution is 5.93. The van der Waals surface area contributed by atoms with Gasteiger partial charge in [-0.05, 0) is 93.6 Å². The van der Waals surface area contributed by atoms with E-state index in [0.717, 1.165) is 27.9 Å². The van der Waals surface area contributed by atoms with E-state index < -0.39 is 41.6 Å². The number of hydrogen-bond donors (Lipinski definition) is 2. The largest absolute Gasteiger partial charge is 0.496 e. The molecule has 0 radical (unpaired) electrons. The van der Waals surface area contributed by atoms with Crippen LogP contribution in [0, 0.1) is 13.8 Å². The molecule has 4 aromatic rings. The number of esters is 2. The summed E-state index contributed by atoms with van der Waals surface area (Å²) in [6.45, 7) is 10.8. The van der Waals surface area contributed by atoms with E-state index in [1.165, 1.54) is 21.3 Å². The van der Waals surface area contributed by atoms with E-state index in [0.29, 0.717) is 22.7 Å². The van der Waals surface area contributed by atoms with Crippen LogP contribution in [-0.4, -0.2) is 71.8 Å². The zero-order chi connectivity index (χ0) is 37.5. The molecule has 0 unspecified atom stereocenters. The fraction of sp³-hybridized carbons (Fsp3) is 0.359. The first-order chi connectivity index (χ1) is 24.1. The summed E-state index contributed by atoms with van der Waals surface area (Å²) in [6.07, 6.45) is 1.03. The van der Waals surface area contributed by atoms with Crippen molar-refractivity contribution in [3.63, 3.8) is 0 Å². The number of benzene rings is 3. The lowest BCUT2D eigenvalue weighted by Gasteiger charge is -2.33. The predicted octanol–water partition coefficient (Wildman–Crippen LogP) is 6.50. The number of nitrogens with zero attached hydrogens (tertiary/aromatic N) is 2. The number of H-pyrrole nitrogens is 1. The SMILES string of the molecule is COC(=O)c1cc(C)c(C[C@H](NC(=O)OC(C)(C)C)C(=O)N(Cc2ccc(OC)c(C(=O)OC)c2)[C@@H](C)c2ncc(-c3ccccc3)[nH]2)c(C)c1. The summed E-state index contributed by atoms with van der Waals surface area (Å²) in [4.78, 5) is 62.8. The number of aromatic amines is 1. The van der Waals surface area contributed by atoms with Crippen molar-refractivity contribution in [2.75, 3.05) is 21.3 Å². The average molecular weight is 699 g/mol. The molecule has 1 aromatic heterocycles. The van der Waals surface area contributed by atoms with Crippen molar-refractivity contribution in [3.8, 4) is 17.0 Å². The Balaban J connectivity index is 1.81. The molecular weight excluding hydrogens is 652 g/mol. The molecule has 4 rings (SSSR count). The summed E-state index contributed by atoms with van der Waals surface area (Å²) in [5, 5.41) is 2.82. The molecule has 1 heterocycles. The van der Waals surface area contributed by atoms with Gasteiger partial charge >= 0.3 is 18.0 Å². The molecule has 12 heteroatoms. The molecule has 0 aliphatic heterocycles. The third kappa shape index (κ3) is 9.53. The minimum Gasteiger partial charge on any atom is -0.496 e. The van der Waals surface area contributed by atoms with E-state index in [1.54, 1.807) is 62.2 Å². The predicted molar refractivity (Wildman–Crippen MR) is 191 cm³/mol. The number of carbonyl (C=O) groups excluding carboxylic acids is 4. The summed E-state index contributed by atoms with van der Waals surface area (Å²) in [6, 6.07) is 16.3. The number of alkyl carbamates (subject to hydrolysis) is 1. The highest BCUT2D eigenvalue weighted by Crippen LogP contribution is 2.28. The van der Waals surface area contributed by atoms with E-state index in [-0.39, 0.29) is 18.5 Å². The van der Waals surface area contributed by atoms with Gasteiger partial charge in [-0.1, -0.05) is 36.4 Å². The maximum absolute atomic E-state index is 14.9. The number of aryl methyl sites for hydroxylation is 2. The Morgan fingerprint density at radius 1 is 0.902 bits per heavy atom. The topological polar surface area (TPSA) is 149 Å². The fourth-order valence-electron chi connectivity index (χ4n) is 5.79. The van der Waals surface area contributed by atoms with Crippen LogP contribution < -0.4 is 10.1 Å². The number of carbonyl (C=O) groups is 4. The van der Waals surface area contributed by atoms with Gasteiger partial charge in [0.05, 0.1) is 44.8 Å². The highest BCUT2D eigenvalue weighted by Gasteiger charge is 2.34. The molecule has 0 fully saturated rings. The van der Waals surface area contributed by atoms with Gasteiger partial charge in [0.1, 0.15) is 28.8 Å². The van der Waals surface area contributed by atoms with Gasteiger partial charge in [-0.3, -0.25) is 4.79 Å². The number of nitrogens with one attached hydrogen (secondary N) is 2. The number of methoxy groups -OCH3 is 3. The van der Waals surface area contributed by atoms with E-state index >= 15 is 0 Å². The van der Waals surface area contributed by atoms with Crippen molar-refractivity contribution in [3.05, 3.63) is 106 Å². The Labute approximate surface area is 298 Å². The van der Waals surface area contributed by atoms with Crippen LogP contribution in [0.5, 0.6) is 5.75 Å². The summed E-state index contributed by atoms with van der Waals surface area (Å²) >= 11 is 0. The lowest BCUT2D eigenvalue weighted by molar-refractivity contribution is -0.136. The monoisotopic (exact) mass is 698 g/mol. The standard InChI is InChI=1S/C39H46N4O8/c1-23-17-28(36(45)49-8)18-24(2)29(23)20-31(42-38(47)51-39(4,5)6)35(44)43(22-26-15-16-33(48-7)30(19-26)37(46)50-9)25(3)34-40-21-32(41-34)27-13-11-10-12-14-27/h10-19,21,25,31H,20,22H2,1-9H3,(H,40,41)(H,42,47)/t25-,31-/m0/s1. The molecule has 0 saturated heterocycles. The molecule has 12 nitrogen and oxygen atoms in total. The smallest absolute Gasteiger partial charge is 0.408 e. The number of hydrogen-bond acceptors (Lipinski definition) is 9. The first-order valence-electron chi connectivity index (χ1n) is 16.5. The normalized spacial score (nSPS) is 12.3. The van der Waals surface area contributed by atoms with Gasteiger partial charge in [-0.25, -0.2) is 19.4 Å². The van der Waals surface area contributed by atoms with Crippen molar-refractivity contribution >= 4 is 23.9 Å². The molecule has 0 bridgehead atoms. The van der Waals surface area contributed by atoms with Crippen LogP contribution in [0.25, 0.3) is 11.3 Å². The van der Waals surface area contributed by atoms with E-state index in [9.17, 15) is 19.2 Å². The molecule has 0 saturated carbocycles. The van der Waals surface area contributed by atoms with Crippen molar-refractivity contribution in [1.29, 1.82) is 0 Å². The van der Waals surface area contributed by atoms with Gasteiger partial charge in [-0.15, -0.1) is 0 Å². The number of amides is 2. The second-order valence-electron chi connectivity index (χ2n) is 13.2. The zero-order valence-corrected chi connectivity index (χ0v) is 30.6. The maximum atomic E-state index is 14.9. The summed E-state index contributed by atoms with van der Waals surface area (Å²) in [5.41, 5.74) is 4.31. The maximum Gasteiger partial charge on any atom is 0.408 e. The molecular formula is C39H46N4O8. The molecule has 0 aliphatic carbocycles. The van der Waals surface area contributed by atoms with Gasteiger partial charge in [0.15, 0.2) is 0 Å². The summed E-state index contributed by atoms with van der Waals surface area (Å²) < 4.78 is 20.9. The van der Waals surface area contributed by atoms with Crippen LogP contribution in [0.4, 0.5) is 4.79 Å². The van der Waals surface area contributed by atoms with Crippen LogP contribution in [0.15, 0.2) is 66.9 Å². The number of ether oxygens (including phenoxy) is 4. The molecule has 3 aromatic carbocycles. The molecule has 2 N–H and O–H groups in total. The highest BCUT2D eigenvalue weighted by atomic mass is 16.6. The molecule has 270 valence electrons. The Kier molecular flexibility index (Phi) is 12.2. The summed E-state index contributed by atoms with van der Waals surface area (Å²) in [7, 11) is 4.05. The third-order valence-electron chi connectivity index (χ3n) is 8.36. The van der Waals surface area contributed by atoms with Gasteiger partial charge in [0.2, 0.25) is 5.91 Å². The zero-order valence-electron chi connectivity index (χ0n) is 30.6. The molecule has 2 atom stereocenters. The quantitative estimate of drug-likeness (QED) is 0.125. The average Bonchev–Trinajstić information content (AvgIpc) is 3.60. The number of rotatable bonds is 12. The third-order valence-corrected chi connectivity index (χ3v) is 8.36. The van der Waals surface area contributed by atoms with Crippen molar-refractivity contribution in [2.24, 2.45) is 0 Å². The molecule has 0 spiro atoms. The molecule has 2 amide bonds. The Hall–Kier alpha value is -5.65. The van der Waals surface area contributed by atoms with Gasteiger partial charge in [-0.2, -0.15) is 0 Å². The molecule has 51 heavy (non-hydrogen) atoms. The van der Waals surface area contributed by atoms with Crippen LogP contribution in [0.2, 0.25) is 0 Å². The van der Waals surface area contributed by atoms with Crippen molar-refractivity contribution < 1.29 is 38.1 Å². The first kappa shape index (κ1) is 38.2. The second kappa shape index (κ2) is 16.4. The fourth-order valence-corrected chi connectivity index (χ4v) is 5.79. The Morgan fingerprint density at radius 2 is 1.55 bits per heavy atom. The minimum atomic E-state index is -1.11. The number of aromatic nitrogens is 2. The van der Waals surface area contributed by atoms with E-state index in [2.05, 4.69) is 15.3 Å². The molecule has 0 aliphatic rings. The Bertz CT molecular complexity index is 1860. The van der Waals surface area contributed by atoms with Crippen molar-refractivity contribution in [2.45, 2.75) is 72.2 Å². The van der Waals surface area contributed by atoms with Gasteiger partial charge in [0, 0.05) is 13.0 Å². The van der Waals surface area contributed by atoms with Crippen LogP contribution in [0.1, 0.15) is 82.5 Å². The lowest BCUT2D eigenvalue weighted by Crippen LogP contribution is -2.51. The van der Waals surface area contributed by atoms with Crippen LogP contribution >= 0.6 is 0 Å². The Morgan fingerprint density at radius 3 is 2.14 bits per heavy atom. The van der Waals surface area contributed by atoms with Gasteiger partial charge < -0.3 is 34.1 Å². The minimum absolute atomic E-state index is 0.0289. The number of imidazole rings is 1. The van der Waals surface area contributed by atoms with E-state index in [4.69, 9.17) is 18.9 Å². The van der Waals surface area contributed by atoms with Crippen LogP contribution in [-0.2, 0) is 32.0 Å². The lowest BCUT2D eigenvalue weighted by atomic mass is 9.93. The first-order valence-corrected chi connectivity index (χ1v) is 16.5. The van der Waals surface area contributed by atoms with Gasteiger partial charge in [0.25, 0.3) is 0 Å².